The number of hydrogen-bond donors (Lipinski definition) is 2. The van der Waals surface area contributed by atoms with Crippen molar-refractivity contribution in [3.05, 3.63) is 20.8 Å². The second-order valence-electron chi connectivity index (χ2n) is 5.46. The summed E-state index contributed by atoms with van der Waals surface area (Å²) in [4.78, 5) is 27.1. The SMILES string of the molecule is Cl.NCCC(=O)NCC1CCCCN1C(=O)Cc1ccc(Br)s1. The molecule has 2 rings (SSSR count). The summed E-state index contributed by atoms with van der Waals surface area (Å²) in [6.45, 7) is 1.66. The first-order chi connectivity index (χ1) is 10.6. The second-order valence-corrected chi connectivity index (χ2v) is 8.01. The summed E-state index contributed by atoms with van der Waals surface area (Å²) in [6, 6.07) is 4.05. The minimum Gasteiger partial charge on any atom is -0.354 e. The average molecular weight is 425 g/mol. The Balaban J connectivity index is 0.00000264. The summed E-state index contributed by atoms with van der Waals surface area (Å²) in [5.74, 6) is 0.106. The molecule has 0 spiro atoms. The molecule has 0 aliphatic carbocycles. The lowest BCUT2D eigenvalue weighted by Gasteiger charge is -2.36. The standard InChI is InChI=1S/C15H22BrN3O2S.ClH/c16-13-5-4-12(22-13)9-15(21)19-8-2-1-3-11(19)10-18-14(20)6-7-17;/h4-5,11H,1-3,6-10,17H2,(H,18,20);1H. The molecule has 23 heavy (non-hydrogen) atoms. The van der Waals surface area contributed by atoms with Gasteiger partial charge < -0.3 is 16.0 Å². The van der Waals surface area contributed by atoms with Crippen molar-refractivity contribution in [3.8, 4) is 0 Å². The van der Waals surface area contributed by atoms with Crippen LogP contribution in [0.25, 0.3) is 0 Å². The van der Waals surface area contributed by atoms with Gasteiger partial charge in [0.1, 0.15) is 0 Å². The van der Waals surface area contributed by atoms with Gasteiger partial charge in [-0.3, -0.25) is 9.59 Å². The molecule has 1 unspecified atom stereocenters. The first kappa shape index (κ1) is 20.4. The molecule has 3 N–H and O–H groups in total. The molecular weight excluding hydrogens is 402 g/mol. The zero-order valence-corrected chi connectivity index (χ0v) is 16.1. The van der Waals surface area contributed by atoms with Gasteiger partial charge >= 0.3 is 0 Å². The molecule has 1 atom stereocenters. The molecule has 1 fully saturated rings. The van der Waals surface area contributed by atoms with Crippen LogP contribution in [0.2, 0.25) is 0 Å². The molecule has 1 aliphatic heterocycles. The van der Waals surface area contributed by atoms with Crippen LogP contribution >= 0.6 is 39.7 Å². The number of nitrogens with two attached hydrogens (primary N) is 1. The second kappa shape index (κ2) is 10.3. The molecule has 1 aromatic heterocycles. The van der Waals surface area contributed by atoms with Crippen LogP contribution in [0.5, 0.6) is 0 Å². The van der Waals surface area contributed by atoms with Crippen molar-refractivity contribution in [1.82, 2.24) is 10.2 Å². The minimum absolute atomic E-state index is 0. The fourth-order valence-electron chi connectivity index (χ4n) is 2.69. The van der Waals surface area contributed by atoms with E-state index in [1.165, 1.54) is 0 Å². The molecule has 1 saturated heterocycles. The molecule has 0 saturated carbocycles. The molecule has 2 heterocycles. The van der Waals surface area contributed by atoms with Gasteiger partial charge in [0.05, 0.1) is 10.2 Å². The third-order valence-electron chi connectivity index (χ3n) is 3.81. The number of carbonyl (C=O) groups is 2. The monoisotopic (exact) mass is 423 g/mol. The zero-order valence-electron chi connectivity index (χ0n) is 12.9. The number of amides is 2. The van der Waals surface area contributed by atoms with Gasteiger partial charge in [-0.25, -0.2) is 0 Å². The van der Waals surface area contributed by atoms with Crippen molar-refractivity contribution in [2.45, 2.75) is 38.1 Å². The maximum Gasteiger partial charge on any atom is 0.228 e. The molecule has 8 heteroatoms. The Bertz CT molecular complexity index is 527. The van der Waals surface area contributed by atoms with Gasteiger partial charge in [0, 0.05) is 37.0 Å². The fourth-order valence-corrected chi connectivity index (χ4v) is 4.16. The lowest BCUT2D eigenvalue weighted by molar-refractivity contribution is -0.134. The normalized spacial score (nSPS) is 17.5. The summed E-state index contributed by atoms with van der Waals surface area (Å²) in [6.07, 6.45) is 3.86. The van der Waals surface area contributed by atoms with Crippen molar-refractivity contribution in [3.63, 3.8) is 0 Å². The predicted octanol–water partition coefficient (Wildman–Crippen LogP) is 2.32. The maximum absolute atomic E-state index is 12.5. The van der Waals surface area contributed by atoms with E-state index in [1.54, 1.807) is 11.3 Å². The van der Waals surface area contributed by atoms with Crippen molar-refractivity contribution < 1.29 is 9.59 Å². The third-order valence-corrected chi connectivity index (χ3v) is 5.43. The topological polar surface area (TPSA) is 75.4 Å². The molecule has 5 nitrogen and oxygen atoms in total. The number of carbonyl (C=O) groups excluding carboxylic acids is 2. The Kier molecular flexibility index (Phi) is 9.12. The Morgan fingerprint density at radius 3 is 2.83 bits per heavy atom. The van der Waals surface area contributed by atoms with Crippen LogP contribution in [0, 0.1) is 0 Å². The van der Waals surface area contributed by atoms with Crippen LogP contribution in [0.1, 0.15) is 30.6 Å². The van der Waals surface area contributed by atoms with Gasteiger partial charge in [0.2, 0.25) is 11.8 Å². The fraction of sp³-hybridized carbons (Fsp3) is 0.600. The largest absolute Gasteiger partial charge is 0.354 e. The molecule has 1 aliphatic rings. The van der Waals surface area contributed by atoms with E-state index >= 15 is 0 Å². The number of rotatable bonds is 6. The van der Waals surface area contributed by atoms with E-state index < -0.39 is 0 Å². The Morgan fingerprint density at radius 2 is 2.17 bits per heavy atom. The molecule has 0 bridgehead atoms. The Labute approximate surface area is 155 Å². The summed E-state index contributed by atoms with van der Waals surface area (Å²) in [5, 5.41) is 2.89. The number of likely N-dealkylation sites (tertiary alicyclic amines) is 1. The van der Waals surface area contributed by atoms with Crippen LogP contribution < -0.4 is 11.1 Å². The van der Waals surface area contributed by atoms with E-state index in [0.29, 0.717) is 25.9 Å². The van der Waals surface area contributed by atoms with Crippen molar-refractivity contribution in [1.29, 1.82) is 0 Å². The molecule has 0 radical (unpaired) electrons. The van der Waals surface area contributed by atoms with Crippen molar-refractivity contribution in [2.75, 3.05) is 19.6 Å². The molecular formula is C15H23BrClN3O2S. The average Bonchev–Trinajstić information content (AvgIpc) is 2.91. The first-order valence-electron chi connectivity index (χ1n) is 7.60. The van der Waals surface area contributed by atoms with Crippen LogP contribution in [0.4, 0.5) is 0 Å². The number of piperidine rings is 1. The summed E-state index contributed by atoms with van der Waals surface area (Å²) in [5.41, 5.74) is 5.37. The smallest absolute Gasteiger partial charge is 0.228 e. The number of nitrogens with one attached hydrogen (secondary N) is 1. The third kappa shape index (κ3) is 6.41. The molecule has 130 valence electrons. The van der Waals surface area contributed by atoms with Gasteiger partial charge in [-0.1, -0.05) is 0 Å². The first-order valence-corrected chi connectivity index (χ1v) is 9.21. The quantitative estimate of drug-likeness (QED) is 0.736. The van der Waals surface area contributed by atoms with E-state index in [9.17, 15) is 9.59 Å². The number of thiophene rings is 1. The lowest BCUT2D eigenvalue weighted by atomic mass is 10.0. The van der Waals surface area contributed by atoms with Crippen molar-refractivity contribution >= 4 is 51.5 Å². The van der Waals surface area contributed by atoms with E-state index in [1.807, 2.05) is 17.0 Å². The Hall–Kier alpha value is -0.630. The molecule has 1 aromatic rings. The highest BCUT2D eigenvalue weighted by Crippen LogP contribution is 2.24. The number of hydrogen-bond acceptors (Lipinski definition) is 4. The lowest BCUT2D eigenvalue weighted by Crippen LogP contribution is -2.50. The summed E-state index contributed by atoms with van der Waals surface area (Å²) < 4.78 is 1.04. The van der Waals surface area contributed by atoms with E-state index in [-0.39, 0.29) is 30.3 Å². The van der Waals surface area contributed by atoms with Gasteiger partial charge in [0.15, 0.2) is 0 Å². The van der Waals surface area contributed by atoms with Gasteiger partial charge in [0.25, 0.3) is 0 Å². The minimum atomic E-state index is -0.0392. The van der Waals surface area contributed by atoms with Gasteiger partial charge in [-0.15, -0.1) is 23.7 Å². The van der Waals surface area contributed by atoms with E-state index in [0.717, 1.165) is 34.5 Å². The highest BCUT2D eigenvalue weighted by molar-refractivity contribution is 9.11. The highest BCUT2D eigenvalue weighted by atomic mass is 79.9. The van der Waals surface area contributed by atoms with Crippen LogP contribution in [-0.4, -0.2) is 42.4 Å². The number of nitrogens with zero attached hydrogens (tertiary/aromatic N) is 1. The maximum atomic E-state index is 12.5. The van der Waals surface area contributed by atoms with Crippen LogP contribution in [0.15, 0.2) is 15.9 Å². The van der Waals surface area contributed by atoms with Crippen molar-refractivity contribution in [2.24, 2.45) is 5.73 Å². The Morgan fingerprint density at radius 1 is 1.39 bits per heavy atom. The highest BCUT2D eigenvalue weighted by Gasteiger charge is 2.27. The number of halogens is 2. The van der Waals surface area contributed by atoms with Gasteiger partial charge in [-0.05, 0) is 47.3 Å². The molecule has 2 amide bonds. The van der Waals surface area contributed by atoms with E-state index in [4.69, 9.17) is 5.73 Å². The predicted molar refractivity (Wildman–Crippen MR) is 99.0 cm³/mol. The van der Waals surface area contributed by atoms with E-state index in [2.05, 4.69) is 21.2 Å². The zero-order chi connectivity index (χ0) is 15.9. The van der Waals surface area contributed by atoms with Crippen LogP contribution in [0.3, 0.4) is 0 Å². The van der Waals surface area contributed by atoms with Gasteiger partial charge in [-0.2, -0.15) is 0 Å². The molecule has 0 aromatic carbocycles. The van der Waals surface area contributed by atoms with Crippen LogP contribution in [-0.2, 0) is 16.0 Å². The summed E-state index contributed by atoms with van der Waals surface area (Å²) >= 11 is 5.01. The summed E-state index contributed by atoms with van der Waals surface area (Å²) in [7, 11) is 0.